The first-order valence-corrected chi connectivity index (χ1v) is 16.2. The van der Waals surface area contributed by atoms with E-state index < -0.39 is 23.5 Å². The molecule has 43 heavy (non-hydrogen) atoms. The van der Waals surface area contributed by atoms with E-state index >= 15 is 0 Å². The summed E-state index contributed by atoms with van der Waals surface area (Å²) in [5.41, 5.74) is 1.53. The van der Waals surface area contributed by atoms with Gasteiger partial charge in [0, 0.05) is 12.1 Å². The van der Waals surface area contributed by atoms with Crippen LogP contribution >= 0.6 is 0 Å². The number of ether oxygens (including phenoxy) is 2. The summed E-state index contributed by atoms with van der Waals surface area (Å²) in [6.07, 6.45) is 20.6. The second-order valence-electron chi connectivity index (χ2n) is 11.5. The van der Waals surface area contributed by atoms with Gasteiger partial charge in [-0.05, 0) is 36.3 Å². The number of hydrogen-bond acceptors (Lipinski definition) is 5. The standard InChI is InChI=1S/C37H51NO5/c1-4-5-6-7-8-9-10-11-12-13-14-15-16-20-27-38-35(31-28-30(42-2)24-26-33(31)43-3)34(36(40)37(38)41)32(39)25-23-29-21-18-17-19-22-29/h17-19,21-26,28,35,40H,4-16,20,27H2,1-3H3/b25-23+. The summed E-state index contributed by atoms with van der Waals surface area (Å²) < 4.78 is 11.1. The smallest absolute Gasteiger partial charge is 0.290 e. The predicted molar refractivity (Wildman–Crippen MR) is 174 cm³/mol. The summed E-state index contributed by atoms with van der Waals surface area (Å²) >= 11 is 0. The molecule has 2 aromatic carbocycles. The summed E-state index contributed by atoms with van der Waals surface area (Å²) in [4.78, 5) is 28.5. The van der Waals surface area contributed by atoms with E-state index in [9.17, 15) is 14.7 Å². The van der Waals surface area contributed by atoms with Crippen LogP contribution < -0.4 is 9.47 Å². The van der Waals surface area contributed by atoms with Gasteiger partial charge in [-0.1, -0.05) is 127 Å². The molecule has 2 aromatic rings. The van der Waals surface area contributed by atoms with Crippen molar-refractivity contribution < 1.29 is 24.2 Å². The number of allylic oxidation sites excluding steroid dienone is 1. The predicted octanol–water partition coefficient (Wildman–Crippen LogP) is 9.16. The van der Waals surface area contributed by atoms with Gasteiger partial charge in [0.1, 0.15) is 11.5 Å². The van der Waals surface area contributed by atoms with Crippen molar-refractivity contribution in [3.63, 3.8) is 0 Å². The number of hydrogen-bond donors (Lipinski definition) is 1. The molecule has 0 aromatic heterocycles. The van der Waals surface area contributed by atoms with E-state index in [-0.39, 0.29) is 5.57 Å². The van der Waals surface area contributed by atoms with Gasteiger partial charge in [-0.25, -0.2) is 0 Å². The van der Waals surface area contributed by atoms with Crippen LogP contribution in [0.3, 0.4) is 0 Å². The van der Waals surface area contributed by atoms with Crippen molar-refractivity contribution in [1.82, 2.24) is 4.90 Å². The Kier molecular flexibility index (Phi) is 14.9. The monoisotopic (exact) mass is 589 g/mol. The van der Waals surface area contributed by atoms with Gasteiger partial charge in [-0.2, -0.15) is 0 Å². The van der Waals surface area contributed by atoms with E-state index in [2.05, 4.69) is 6.92 Å². The summed E-state index contributed by atoms with van der Waals surface area (Å²) in [5.74, 6) is -0.327. The van der Waals surface area contributed by atoms with Gasteiger partial charge in [0.2, 0.25) is 0 Å². The van der Waals surface area contributed by atoms with Crippen molar-refractivity contribution in [2.24, 2.45) is 0 Å². The van der Waals surface area contributed by atoms with Crippen LogP contribution in [-0.2, 0) is 9.59 Å². The maximum absolute atomic E-state index is 13.5. The Morgan fingerprint density at radius 3 is 1.95 bits per heavy atom. The minimum Gasteiger partial charge on any atom is -0.503 e. The van der Waals surface area contributed by atoms with Gasteiger partial charge >= 0.3 is 0 Å². The molecule has 1 amide bonds. The molecule has 1 N–H and O–H groups in total. The van der Waals surface area contributed by atoms with Crippen molar-refractivity contribution >= 4 is 17.8 Å². The van der Waals surface area contributed by atoms with Crippen LogP contribution in [0.25, 0.3) is 6.08 Å². The fourth-order valence-electron chi connectivity index (χ4n) is 5.81. The molecule has 0 fully saturated rings. The molecule has 3 rings (SSSR count). The molecule has 234 valence electrons. The van der Waals surface area contributed by atoms with Crippen molar-refractivity contribution in [2.45, 2.75) is 103 Å². The lowest BCUT2D eigenvalue weighted by Gasteiger charge is -2.28. The van der Waals surface area contributed by atoms with E-state index in [1.807, 2.05) is 30.3 Å². The number of aliphatic hydroxyl groups excluding tert-OH is 1. The van der Waals surface area contributed by atoms with E-state index in [1.165, 1.54) is 76.7 Å². The van der Waals surface area contributed by atoms with E-state index in [1.54, 1.807) is 43.4 Å². The minimum absolute atomic E-state index is 0.0640. The Balaban J connectivity index is 1.60. The summed E-state index contributed by atoms with van der Waals surface area (Å²) in [5, 5.41) is 11.0. The number of methoxy groups -OCH3 is 2. The molecule has 0 radical (unpaired) electrons. The third-order valence-corrected chi connectivity index (χ3v) is 8.28. The fourth-order valence-corrected chi connectivity index (χ4v) is 5.81. The van der Waals surface area contributed by atoms with E-state index in [0.717, 1.165) is 24.8 Å². The highest BCUT2D eigenvalue weighted by Crippen LogP contribution is 2.43. The van der Waals surface area contributed by atoms with Gasteiger partial charge in [-0.15, -0.1) is 0 Å². The minimum atomic E-state index is -0.771. The molecule has 0 aliphatic carbocycles. The normalized spacial score (nSPS) is 15.1. The lowest BCUT2D eigenvalue weighted by molar-refractivity contribution is -0.129. The van der Waals surface area contributed by atoms with Crippen molar-refractivity contribution in [3.05, 3.63) is 77.1 Å². The first kappa shape index (κ1) is 34.0. The number of aliphatic hydroxyl groups is 1. The maximum atomic E-state index is 13.5. The number of nitrogens with zero attached hydrogens (tertiary/aromatic N) is 1. The number of ketones is 1. The molecular formula is C37H51NO5. The van der Waals surface area contributed by atoms with Crippen LogP contribution in [0, 0.1) is 0 Å². The van der Waals surface area contributed by atoms with E-state index in [0.29, 0.717) is 23.6 Å². The lowest BCUT2D eigenvalue weighted by Crippen LogP contribution is -2.32. The van der Waals surface area contributed by atoms with Gasteiger partial charge in [0.15, 0.2) is 11.5 Å². The van der Waals surface area contributed by atoms with Gasteiger partial charge in [0.25, 0.3) is 5.91 Å². The molecule has 1 aliphatic heterocycles. The van der Waals surface area contributed by atoms with Crippen LogP contribution in [0.1, 0.15) is 114 Å². The first-order chi connectivity index (χ1) is 21.0. The van der Waals surface area contributed by atoms with Crippen molar-refractivity contribution in [3.8, 4) is 11.5 Å². The molecule has 0 spiro atoms. The number of carbonyl (C=O) groups is 2. The van der Waals surface area contributed by atoms with Gasteiger partial charge in [-0.3, -0.25) is 9.59 Å². The molecule has 0 saturated carbocycles. The quantitative estimate of drug-likeness (QED) is 0.116. The van der Waals surface area contributed by atoms with Gasteiger partial charge < -0.3 is 19.5 Å². The Morgan fingerprint density at radius 1 is 0.814 bits per heavy atom. The van der Waals surface area contributed by atoms with Crippen molar-refractivity contribution in [2.75, 3.05) is 20.8 Å². The average Bonchev–Trinajstić information content (AvgIpc) is 3.29. The number of carbonyl (C=O) groups excluding carboxylic acids is 2. The topological polar surface area (TPSA) is 76.1 Å². The Morgan fingerprint density at radius 2 is 1.40 bits per heavy atom. The zero-order valence-electron chi connectivity index (χ0n) is 26.5. The SMILES string of the molecule is CCCCCCCCCCCCCCCCN1C(=O)C(O)=C(C(=O)/C=C/c2ccccc2)C1c1cc(OC)ccc1OC. The van der Waals surface area contributed by atoms with Crippen LogP contribution in [-0.4, -0.2) is 42.5 Å². The van der Waals surface area contributed by atoms with Crippen LogP contribution in [0.4, 0.5) is 0 Å². The van der Waals surface area contributed by atoms with Crippen LogP contribution in [0.2, 0.25) is 0 Å². The molecule has 1 unspecified atom stereocenters. The van der Waals surface area contributed by atoms with E-state index in [4.69, 9.17) is 9.47 Å². The highest BCUT2D eigenvalue weighted by atomic mass is 16.5. The average molecular weight is 590 g/mol. The molecule has 1 aliphatic rings. The second-order valence-corrected chi connectivity index (χ2v) is 11.5. The molecule has 1 atom stereocenters. The summed E-state index contributed by atoms with van der Waals surface area (Å²) in [7, 11) is 3.13. The fraction of sp³-hybridized carbons (Fsp3) is 0.514. The Bertz CT molecular complexity index is 1200. The van der Waals surface area contributed by atoms with Crippen molar-refractivity contribution in [1.29, 1.82) is 0 Å². The van der Waals surface area contributed by atoms with Crippen LogP contribution in [0.15, 0.2) is 65.9 Å². The second kappa shape index (κ2) is 18.9. The third-order valence-electron chi connectivity index (χ3n) is 8.28. The highest BCUT2D eigenvalue weighted by molar-refractivity contribution is 6.14. The van der Waals surface area contributed by atoms with Crippen LogP contribution in [0.5, 0.6) is 11.5 Å². The molecule has 6 nitrogen and oxygen atoms in total. The number of unbranched alkanes of at least 4 members (excludes halogenated alkanes) is 13. The zero-order valence-corrected chi connectivity index (χ0v) is 26.5. The number of rotatable bonds is 21. The zero-order chi connectivity index (χ0) is 30.9. The molecule has 6 heteroatoms. The lowest BCUT2D eigenvalue weighted by atomic mass is 9.94. The maximum Gasteiger partial charge on any atom is 0.290 e. The largest absolute Gasteiger partial charge is 0.503 e. The Labute approximate surface area is 258 Å². The first-order valence-electron chi connectivity index (χ1n) is 16.2. The molecule has 1 heterocycles. The third kappa shape index (κ3) is 10.3. The van der Waals surface area contributed by atoms with Gasteiger partial charge in [0.05, 0.1) is 25.8 Å². The number of benzene rings is 2. The summed E-state index contributed by atoms with van der Waals surface area (Å²) in [6.45, 7) is 2.70. The molecular weight excluding hydrogens is 538 g/mol. The highest BCUT2D eigenvalue weighted by Gasteiger charge is 2.43. The Hall–Kier alpha value is -3.54. The number of amides is 1. The molecule has 0 bridgehead atoms. The molecule has 0 saturated heterocycles. The summed E-state index contributed by atoms with van der Waals surface area (Å²) in [6, 6.07) is 14.0.